The van der Waals surface area contributed by atoms with Gasteiger partial charge in [-0.3, -0.25) is 4.90 Å². The van der Waals surface area contributed by atoms with E-state index in [-0.39, 0.29) is 5.95 Å². The van der Waals surface area contributed by atoms with Crippen molar-refractivity contribution < 1.29 is 4.42 Å². The van der Waals surface area contributed by atoms with Crippen LogP contribution in [0.1, 0.15) is 18.4 Å². The maximum atomic E-state index is 6.07. The van der Waals surface area contributed by atoms with Crippen molar-refractivity contribution in [2.45, 2.75) is 19.4 Å². The number of nitrogens with zero attached hydrogens (tertiary/aromatic N) is 6. The predicted octanol–water partition coefficient (Wildman–Crippen LogP) is 3.34. The molecule has 1 atom stereocenters. The van der Waals surface area contributed by atoms with Crippen molar-refractivity contribution in [3.8, 4) is 11.6 Å². The molecular formula is C21H23ClN8O. The number of fused-ring (bicyclic) bond motifs is 1. The van der Waals surface area contributed by atoms with Gasteiger partial charge in [-0.1, -0.05) is 23.7 Å². The number of anilines is 2. The van der Waals surface area contributed by atoms with Gasteiger partial charge in [0.05, 0.1) is 6.26 Å². The van der Waals surface area contributed by atoms with E-state index in [2.05, 4.69) is 42.4 Å². The fourth-order valence-electron chi connectivity index (χ4n) is 3.94. The second kappa shape index (κ2) is 8.52. The van der Waals surface area contributed by atoms with Gasteiger partial charge in [0.25, 0.3) is 5.78 Å². The molecule has 0 aliphatic carbocycles. The summed E-state index contributed by atoms with van der Waals surface area (Å²) >= 11 is 5.99. The number of halogens is 1. The van der Waals surface area contributed by atoms with Gasteiger partial charge in [-0.2, -0.15) is 19.5 Å². The van der Waals surface area contributed by atoms with Crippen LogP contribution in [0, 0.1) is 5.92 Å². The summed E-state index contributed by atoms with van der Waals surface area (Å²) in [5.74, 6) is 2.55. The fraction of sp³-hybridized carbons (Fsp3) is 0.333. The summed E-state index contributed by atoms with van der Waals surface area (Å²) in [5.41, 5.74) is 7.35. The molecule has 0 bridgehead atoms. The predicted molar refractivity (Wildman–Crippen MR) is 119 cm³/mol. The third kappa shape index (κ3) is 4.47. The Morgan fingerprint density at radius 1 is 1.16 bits per heavy atom. The molecule has 1 aliphatic rings. The molecule has 1 aliphatic heterocycles. The highest BCUT2D eigenvalue weighted by Crippen LogP contribution is 2.21. The number of aromatic nitrogens is 5. The quantitative estimate of drug-likeness (QED) is 0.471. The van der Waals surface area contributed by atoms with E-state index in [0.29, 0.717) is 29.2 Å². The topological polar surface area (TPSA) is 110 Å². The molecule has 5 rings (SSSR count). The molecule has 0 amide bonds. The first-order valence-electron chi connectivity index (χ1n) is 10.3. The largest absolute Gasteiger partial charge is 0.461 e. The minimum Gasteiger partial charge on any atom is -0.461 e. The number of benzene rings is 1. The number of nitrogens with two attached hydrogens (primary N) is 1. The van der Waals surface area contributed by atoms with Crippen LogP contribution in [-0.2, 0) is 6.54 Å². The van der Waals surface area contributed by atoms with Gasteiger partial charge in [-0.15, -0.1) is 5.10 Å². The minimum absolute atomic E-state index is 0.228. The summed E-state index contributed by atoms with van der Waals surface area (Å²) in [6.45, 7) is 3.81. The standard InChI is InChI=1S/C21H23ClN8O/c22-16-7-5-14(6-8-16)12-29-9-1-3-15(13-29)11-24-20-26-19(23)30-21(27-20)25-18(28-30)17-4-2-10-31-17/h2,4-8,10,15H,1,3,9,11-13H2,(H3,23,24,25,26,27,28). The van der Waals surface area contributed by atoms with Crippen molar-refractivity contribution in [2.24, 2.45) is 5.92 Å². The molecule has 1 aromatic carbocycles. The van der Waals surface area contributed by atoms with Gasteiger partial charge in [0, 0.05) is 24.7 Å². The Hall–Kier alpha value is -3.17. The van der Waals surface area contributed by atoms with E-state index in [4.69, 9.17) is 21.8 Å². The molecule has 1 saturated heterocycles. The van der Waals surface area contributed by atoms with Crippen LogP contribution in [0.3, 0.4) is 0 Å². The van der Waals surface area contributed by atoms with E-state index < -0.39 is 0 Å². The fourth-order valence-corrected chi connectivity index (χ4v) is 4.07. The number of furan rings is 1. The number of hydrogen-bond donors (Lipinski definition) is 2. The first kappa shape index (κ1) is 19.8. The van der Waals surface area contributed by atoms with Gasteiger partial charge >= 0.3 is 0 Å². The van der Waals surface area contributed by atoms with Gasteiger partial charge < -0.3 is 15.5 Å². The Morgan fingerprint density at radius 2 is 2.03 bits per heavy atom. The maximum absolute atomic E-state index is 6.07. The van der Waals surface area contributed by atoms with Crippen molar-refractivity contribution in [3.05, 3.63) is 53.2 Å². The molecule has 3 aromatic heterocycles. The van der Waals surface area contributed by atoms with E-state index in [1.165, 1.54) is 16.5 Å². The van der Waals surface area contributed by atoms with Gasteiger partial charge in [-0.25, -0.2) is 0 Å². The summed E-state index contributed by atoms with van der Waals surface area (Å²) in [4.78, 5) is 15.7. The van der Waals surface area contributed by atoms with Crippen LogP contribution in [0.25, 0.3) is 17.4 Å². The van der Waals surface area contributed by atoms with Gasteiger partial charge in [-0.05, 0) is 55.1 Å². The Balaban J connectivity index is 1.23. The summed E-state index contributed by atoms with van der Waals surface area (Å²) in [6.07, 6.45) is 3.90. The highest BCUT2D eigenvalue weighted by Gasteiger charge is 2.21. The van der Waals surface area contributed by atoms with Crippen LogP contribution >= 0.6 is 11.6 Å². The average Bonchev–Trinajstić information content (AvgIpc) is 3.44. The number of rotatable bonds is 6. The molecule has 0 radical (unpaired) electrons. The van der Waals surface area contributed by atoms with Crippen molar-refractivity contribution in [1.82, 2.24) is 29.5 Å². The number of nitrogen functional groups attached to an aromatic ring is 1. The Kier molecular flexibility index (Phi) is 5.44. The molecule has 0 saturated carbocycles. The van der Waals surface area contributed by atoms with E-state index >= 15 is 0 Å². The molecule has 160 valence electrons. The molecule has 4 aromatic rings. The lowest BCUT2D eigenvalue weighted by atomic mass is 9.97. The van der Waals surface area contributed by atoms with Crippen LogP contribution in [0.15, 0.2) is 47.1 Å². The first-order chi connectivity index (χ1) is 15.1. The zero-order valence-electron chi connectivity index (χ0n) is 16.9. The summed E-state index contributed by atoms with van der Waals surface area (Å²) in [6, 6.07) is 11.6. The Morgan fingerprint density at radius 3 is 2.84 bits per heavy atom. The lowest BCUT2D eigenvalue weighted by Gasteiger charge is -2.32. The Bertz CT molecular complexity index is 1160. The normalized spacial score (nSPS) is 17.3. The first-order valence-corrected chi connectivity index (χ1v) is 10.7. The summed E-state index contributed by atoms with van der Waals surface area (Å²) < 4.78 is 6.76. The number of hydrogen-bond acceptors (Lipinski definition) is 8. The number of nitrogens with one attached hydrogen (secondary N) is 1. The molecular weight excluding hydrogens is 416 g/mol. The van der Waals surface area contributed by atoms with Crippen LogP contribution in [0.2, 0.25) is 5.02 Å². The molecule has 3 N–H and O–H groups in total. The molecule has 10 heteroatoms. The van der Waals surface area contributed by atoms with E-state index in [9.17, 15) is 0 Å². The second-order valence-electron chi connectivity index (χ2n) is 7.78. The number of likely N-dealkylation sites (tertiary alicyclic amines) is 1. The van der Waals surface area contributed by atoms with Crippen LogP contribution in [-0.4, -0.2) is 49.1 Å². The number of piperidine rings is 1. The van der Waals surface area contributed by atoms with Gasteiger partial charge in [0.2, 0.25) is 17.7 Å². The van der Waals surface area contributed by atoms with Crippen LogP contribution < -0.4 is 11.1 Å². The maximum Gasteiger partial charge on any atom is 0.259 e. The van der Waals surface area contributed by atoms with Gasteiger partial charge in [0.15, 0.2) is 5.76 Å². The summed E-state index contributed by atoms with van der Waals surface area (Å²) in [7, 11) is 0. The SMILES string of the molecule is Nc1nc(NCC2CCCN(Cc3ccc(Cl)cc3)C2)nc2nc(-c3ccco3)nn12. The van der Waals surface area contributed by atoms with E-state index in [0.717, 1.165) is 37.6 Å². The van der Waals surface area contributed by atoms with E-state index in [1.54, 1.807) is 18.4 Å². The summed E-state index contributed by atoms with van der Waals surface area (Å²) in [5, 5.41) is 8.42. The lowest BCUT2D eigenvalue weighted by Crippen LogP contribution is -2.37. The zero-order chi connectivity index (χ0) is 21.2. The third-order valence-electron chi connectivity index (χ3n) is 5.45. The van der Waals surface area contributed by atoms with E-state index in [1.807, 2.05) is 12.1 Å². The van der Waals surface area contributed by atoms with Crippen molar-refractivity contribution in [1.29, 1.82) is 0 Å². The lowest BCUT2D eigenvalue weighted by molar-refractivity contribution is 0.173. The average molecular weight is 439 g/mol. The van der Waals surface area contributed by atoms with Crippen LogP contribution in [0.5, 0.6) is 0 Å². The molecule has 31 heavy (non-hydrogen) atoms. The van der Waals surface area contributed by atoms with Crippen molar-refractivity contribution in [3.63, 3.8) is 0 Å². The monoisotopic (exact) mass is 438 g/mol. The minimum atomic E-state index is 0.228. The molecule has 0 spiro atoms. The highest BCUT2D eigenvalue weighted by molar-refractivity contribution is 6.30. The Labute approximate surface area is 184 Å². The van der Waals surface area contributed by atoms with Crippen molar-refractivity contribution >= 4 is 29.3 Å². The third-order valence-corrected chi connectivity index (χ3v) is 5.70. The van der Waals surface area contributed by atoms with Crippen LogP contribution in [0.4, 0.5) is 11.9 Å². The van der Waals surface area contributed by atoms with Crippen molar-refractivity contribution in [2.75, 3.05) is 30.7 Å². The second-order valence-corrected chi connectivity index (χ2v) is 8.22. The molecule has 1 fully saturated rings. The van der Waals surface area contributed by atoms with Gasteiger partial charge in [0.1, 0.15) is 0 Å². The molecule has 4 heterocycles. The molecule has 9 nitrogen and oxygen atoms in total. The highest BCUT2D eigenvalue weighted by atomic mass is 35.5. The smallest absolute Gasteiger partial charge is 0.259 e. The molecule has 1 unspecified atom stereocenters. The zero-order valence-corrected chi connectivity index (χ0v) is 17.7.